The molecule has 2 aromatic carbocycles. The quantitative estimate of drug-likeness (QED) is 0.496. The predicted octanol–water partition coefficient (Wildman–Crippen LogP) is 3.09. The number of methoxy groups -OCH3 is 1. The molecular weight excluding hydrogens is 353 g/mol. The van der Waals surface area contributed by atoms with Crippen molar-refractivity contribution in [2.24, 2.45) is 5.10 Å². The zero-order valence-corrected chi connectivity index (χ0v) is 14.1. The number of hydrogen-bond donors (Lipinski definition) is 2. The van der Waals surface area contributed by atoms with Gasteiger partial charge in [-0.2, -0.15) is 5.10 Å². The number of hydrazone groups is 1. The topological polar surface area (TPSA) is 79.8 Å². The Labute approximate surface area is 148 Å². The summed E-state index contributed by atoms with van der Waals surface area (Å²) < 4.78 is 5.14. The number of ether oxygens (including phenoxy) is 1. The fraction of sp³-hybridized carbons (Fsp3) is 0.0625. The first-order chi connectivity index (χ1) is 11.5. The van der Waals surface area contributed by atoms with Crippen molar-refractivity contribution in [1.82, 2.24) is 5.43 Å². The van der Waals surface area contributed by atoms with Crippen LogP contribution in [-0.2, 0) is 9.59 Å². The summed E-state index contributed by atoms with van der Waals surface area (Å²) in [7, 11) is 1.52. The van der Waals surface area contributed by atoms with Gasteiger partial charge in [-0.05, 0) is 30.3 Å². The number of carbonyl (C=O) groups excluding carboxylic acids is 2. The number of hydrogen-bond acceptors (Lipinski definition) is 4. The molecule has 0 unspecified atom stereocenters. The van der Waals surface area contributed by atoms with E-state index < -0.39 is 11.8 Å². The van der Waals surface area contributed by atoms with Crippen LogP contribution in [0.15, 0.2) is 47.6 Å². The number of benzene rings is 2. The molecule has 0 heterocycles. The maximum Gasteiger partial charge on any atom is 0.329 e. The van der Waals surface area contributed by atoms with Gasteiger partial charge in [0.1, 0.15) is 5.75 Å². The molecule has 0 radical (unpaired) electrons. The molecule has 0 aliphatic carbocycles. The number of nitrogens with one attached hydrogen (secondary N) is 2. The highest BCUT2D eigenvalue weighted by atomic mass is 35.5. The molecule has 124 valence electrons. The van der Waals surface area contributed by atoms with E-state index >= 15 is 0 Å². The third-order valence-electron chi connectivity index (χ3n) is 2.89. The molecular formula is C16H13Cl2N3O3. The molecule has 0 aromatic heterocycles. The molecule has 0 fully saturated rings. The first-order valence-electron chi connectivity index (χ1n) is 6.73. The number of anilines is 1. The van der Waals surface area contributed by atoms with E-state index in [1.165, 1.54) is 31.5 Å². The van der Waals surface area contributed by atoms with E-state index in [0.717, 1.165) is 0 Å². The van der Waals surface area contributed by atoms with E-state index in [4.69, 9.17) is 27.9 Å². The highest BCUT2D eigenvalue weighted by Crippen LogP contribution is 2.24. The Bertz CT molecular complexity index is 794. The van der Waals surface area contributed by atoms with Gasteiger partial charge in [0.05, 0.1) is 23.4 Å². The molecule has 0 saturated carbocycles. The number of carbonyl (C=O) groups is 2. The van der Waals surface area contributed by atoms with E-state index in [-0.39, 0.29) is 5.02 Å². The minimum atomic E-state index is -0.924. The van der Waals surface area contributed by atoms with Crippen LogP contribution in [-0.4, -0.2) is 25.1 Å². The van der Waals surface area contributed by atoms with Gasteiger partial charge in [-0.15, -0.1) is 0 Å². The zero-order valence-electron chi connectivity index (χ0n) is 12.5. The van der Waals surface area contributed by atoms with Gasteiger partial charge in [0, 0.05) is 11.3 Å². The molecule has 0 saturated heterocycles. The molecule has 0 bridgehead atoms. The molecule has 2 rings (SSSR count). The molecule has 0 aliphatic heterocycles. The highest BCUT2D eigenvalue weighted by Gasteiger charge is 2.13. The maximum atomic E-state index is 11.8. The lowest BCUT2D eigenvalue weighted by atomic mass is 10.2. The van der Waals surface area contributed by atoms with Gasteiger partial charge in [0.15, 0.2) is 0 Å². The molecule has 0 aliphatic rings. The van der Waals surface area contributed by atoms with Crippen LogP contribution in [0.5, 0.6) is 5.75 Å². The molecule has 8 heteroatoms. The minimum Gasteiger partial charge on any atom is -0.496 e. The van der Waals surface area contributed by atoms with Crippen molar-refractivity contribution in [3.05, 3.63) is 58.1 Å². The van der Waals surface area contributed by atoms with Crippen molar-refractivity contribution in [3.63, 3.8) is 0 Å². The summed E-state index contributed by atoms with van der Waals surface area (Å²) in [5.41, 5.74) is 3.14. The number of rotatable bonds is 4. The number of para-hydroxylation sites is 1. The van der Waals surface area contributed by atoms with Crippen molar-refractivity contribution in [1.29, 1.82) is 0 Å². The lowest BCUT2D eigenvalue weighted by Crippen LogP contribution is -2.32. The van der Waals surface area contributed by atoms with Crippen molar-refractivity contribution in [2.75, 3.05) is 12.4 Å². The Morgan fingerprint density at radius 2 is 1.83 bits per heavy atom. The van der Waals surface area contributed by atoms with Crippen molar-refractivity contribution < 1.29 is 14.3 Å². The minimum absolute atomic E-state index is 0.268. The fourth-order valence-corrected chi connectivity index (χ4v) is 2.04. The van der Waals surface area contributed by atoms with Gasteiger partial charge in [0.25, 0.3) is 0 Å². The Hall–Kier alpha value is -2.57. The van der Waals surface area contributed by atoms with E-state index in [1.54, 1.807) is 24.3 Å². The van der Waals surface area contributed by atoms with Gasteiger partial charge in [-0.3, -0.25) is 9.59 Å². The normalized spacial score (nSPS) is 10.5. The van der Waals surface area contributed by atoms with Gasteiger partial charge in [-0.25, -0.2) is 5.43 Å². The second-order valence-electron chi connectivity index (χ2n) is 4.52. The van der Waals surface area contributed by atoms with Crippen LogP contribution in [0.25, 0.3) is 0 Å². The van der Waals surface area contributed by atoms with Gasteiger partial charge in [0.2, 0.25) is 0 Å². The van der Waals surface area contributed by atoms with E-state index in [2.05, 4.69) is 15.8 Å². The summed E-state index contributed by atoms with van der Waals surface area (Å²) >= 11 is 11.6. The summed E-state index contributed by atoms with van der Waals surface area (Å²) in [5.74, 6) is -1.21. The molecule has 2 N–H and O–H groups in total. The lowest BCUT2D eigenvalue weighted by Gasteiger charge is -2.05. The second-order valence-corrected chi connectivity index (χ2v) is 5.34. The molecule has 24 heavy (non-hydrogen) atoms. The molecule has 0 atom stereocenters. The van der Waals surface area contributed by atoms with Crippen LogP contribution in [0, 0.1) is 0 Å². The number of halogens is 2. The van der Waals surface area contributed by atoms with Crippen LogP contribution in [0.2, 0.25) is 10.0 Å². The number of nitrogens with zero attached hydrogens (tertiary/aromatic N) is 1. The van der Waals surface area contributed by atoms with Gasteiger partial charge < -0.3 is 10.1 Å². The highest BCUT2D eigenvalue weighted by molar-refractivity contribution is 6.42. The Morgan fingerprint density at radius 1 is 1.08 bits per heavy atom. The smallest absolute Gasteiger partial charge is 0.329 e. The zero-order chi connectivity index (χ0) is 17.5. The van der Waals surface area contributed by atoms with E-state index in [0.29, 0.717) is 22.0 Å². The van der Waals surface area contributed by atoms with Crippen molar-refractivity contribution in [2.45, 2.75) is 0 Å². The monoisotopic (exact) mass is 365 g/mol. The van der Waals surface area contributed by atoms with E-state index in [9.17, 15) is 9.59 Å². The Balaban J connectivity index is 1.95. The van der Waals surface area contributed by atoms with E-state index in [1.807, 2.05) is 0 Å². The summed E-state index contributed by atoms with van der Waals surface area (Å²) in [4.78, 5) is 23.5. The maximum absolute atomic E-state index is 11.8. The molecule has 2 aromatic rings. The second kappa shape index (κ2) is 8.33. The summed E-state index contributed by atoms with van der Waals surface area (Å²) in [6, 6.07) is 11.6. The first kappa shape index (κ1) is 17.8. The average molecular weight is 366 g/mol. The Kier molecular flexibility index (Phi) is 6.17. The summed E-state index contributed by atoms with van der Waals surface area (Å²) in [6.07, 6.45) is 1.38. The lowest BCUT2D eigenvalue weighted by molar-refractivity contribution is -0.136. The third-order valence-corrected chi connectivity index (χ3v) is 3.63. The van der Waals surface area contributed by atoms with Crippen LogP contribution < -0.4 is 15.5 Å². The summed E-state index contributed by atoms with van der Waals surface area (Å²) in [5, 5.41) is 6.74. The third kappa shape index (κ3) is 4.71. The molecule has 2 amide bonds. The van der Waals surface area contributed by atoms with Crippen LogP contribution in [0.4, 0.5) is 5.69 Å². The van der Waals surface area contributed by atoms with Crippen LogP contribution in [0.1, 0.15) is 5.56 Å². The van der Waals surface area contributed by atoms with Gasteiger partial charge >= 0.3 is 11.8 Å². The standard InChI is InChI=1S/C16H13Cl2N3O3/c1-24-14-5-3-2-4-10(14)9-19-21-16(23)15(22)20-11-6-7-12(17)13(18)8-11/h2-9H,1H3,(H,20,22)(H,21,23)/b19-9+. The average Bonchev–Trinajstić information content (AvgIpc) is 2.58. The van der Waals surface area contributed by atoms with Gasteiger partial charge in [-0.1, -0.05) is 35.3 Å². The predicted molar refractivity (Wildman–Crippen MR) is 93.8 cm³/mol. The fourth-order valence-electron chi connectivity index (χ4n) is 1.75. The largest absolute Gasteiger partial charge is 0.496 e. The number of amides is 2. The Morgan fingerprint density at radius 3 is 2.54 bits per heavy atom. The molecule has 6 nitrogen and oxygen atoms in total. The molecule has 0 spiro atoms. The first-order valence-corrected chi connectivity index (χ1v) is 7.49. The SMILES string of the molecule is COc1ccccc1/C=N/NC(=O)C(=O)Nc1ccc(Cl)c(Cl)c1. The van der Waals surface area contributed by atoms with Crippen LogP contribution in [0.3, 0.4) is 0 Å². The summed E-state index contributed by atoms with van der Waals surface area (Å²) in [6.45, 7) is 0. The van der Waals surface area contributed by atoms with Crippen LogP contribution >= 0.6 is 23.2 Å². The van der Waals surface area contributed by atoms with Crippen molar-refractivity contribution in [3.8, 4) is 5.75 Å². The van der Waals surface area contributed by atoms with Crippen molar-refractivity contribution >= 4 is 46.9 Å².